The van der Waals surface area contributed by atoms with Crippen LogP contribution in [0, 0.1) is 0 Å². The first-order valence-electron chi connectivity index (χ1n) is 8.57. The number of Topliss-reactive ketones (excluding diaryl/α,β-unsaturated/α-hetero) is 1. The summed E-state index contributed by atoms with van der Waals surface area (Å²) in [7, 11) is 1.58. The van der Waals surface area contributed by atoms with Crippen molar-refractivity contribution < 1.29 is 14.6 Å². The fourth-order valence-corrected chi connectivity index (χ4v) is 3.82. The standard InChI is InChI=1S/C18H23N3O4S/c1-25-16-8-13-12(7-17(16)26-2)18(24)21(10-20-13)9-11(22)6-14-15(23)4-3-5-19-14/h7-8,10,14-15,19,23H,3-6,9H2,1-2H3. The summed E-state index contributed by atoms with van der Waals surface area (Å²) in [4.78, 5) is 30.3. The van der Waals surface area contributed by atoms with Gasteiger partial charge in [0.25, 0.3) is 5.56 Å². The zero-order chi connectivity index (χ0) is 18.7. The molecule has 0 aliphatic carbocycles. The van der Waals surface area contributed by atoms with Crippen LogP contribution >= 0.6 is 11.8 Å². The van der Waals surface area contributed by atoms with E-state index >= 15 is 0 Å². The first-order chi connectivity index (χ1) is 12.5. The molecule has 8 heteroatoms. The molecule has 0 spiro atoms. The Bertz CT molecular complexity index is 867. The molecule has 1 aromatic heterocycles. The minimum absolute atomic E-state index is 0.0483. The Morgan fingerprint density at radius 2 is 2.31 bits per heavy atom. The summed E-state index contributed by atoms with van der Waals surface area (Å²) in [5.74, 6) is 0.563. The number of fused-ring (bicyclic) bond motifs is 1. The summed E-state index contributed by atoms with van der Waals surface area (Å²) < 4.78 is 6.65. The van der Waals surface area contributed by atoms with E-state index in [0.717, 1.165) is 17.9 Å². The van der Waals surface area contributed by atoms with Gasteiger partial charge < -0.3 is 15.2 Å². The molecule has 1 saturated heterocycles. The molecule has 0 bridgehead atoms. The van der Waals surface area contributed by atoms with E-state index in [4.69, 9.17) is 4.74 Å². The molecule has 2 N–H and O–H groups in total. The quantitative estimate of drug-likeness (QED) is 0.731. The summed E-state index contributed by atoms with van der Waals surface area (Å²) >= 11 is 1.48. The highest BCUT2D eigenvalue weighted by Gasteiger charge is 2.25. The zero-order valence-electron chi connectivity index (χ0n) is 14.9. The van der Waals surface area contributed by atoms with Crippen LogP contribution in [0.1, 0.15) is 19.3 Å². The predicted octanol–water partition coefficient (Wildman–Crippen LogP) is 1.20. The van der Waals surface area contributed by atoms with Crippen LogP contribution in [0.2, 0.25) is 0 Å². The minimum atomic E-state index is -0.518. The smallest absolute Gasteiger partial charge is 0.261 e. The number of hydrogen-bond acceptors (Lipinski definition) is 7. The van der Waals surface area contributed by atoms with Crippen molar-refractivity contribution in [2.75, 3.05) is 19.9 Å². The monoisotopic (exact) mass is 377 g/mol. The predicted molar refractivity (Wildman–Crippen MR) is 101 cm³/mol. The van der Waals surface area contributed by atoms with Crippen LogP contribution in [0.15, 0.2) is 28.2 Å². The molecule has 1 aliphatic rings. The van der Waals surface area contributed by atoms with E-state index < -0.39 is 6.10 Å². The number of carbonyl (C=O) groups excluding carboxylic acids is 1. The molecule has 2 unspecified atom stereocenters. The number of hydrogen-bond donors (Lipinski definition) is 2. The molecule has 0 amide bonds. The maximum absolute atomic E-state index is 12.7. The SMILES string of the molecule is COc1cc2ncn(CC(=O)CC3NCCCC3O)c(=O)c2cc1SC. The lowest BCUT2D eigenvalue weighted by molar-refractivity contribution is -0.121. The van der Waals surface area contributed by atoms with Gasteiger partial charge in [0.05, 0.1) is 41.9 Å². The van der Waals surface area contributed by atoms with Gasteiger partial charge in [-0.15, -0.1) is 11.8 Å². The number of rotatable bonds is 6. The fraction of sp³-hybridized carbons (Fsp3) is 0.500. The highest BCUT2D eigenvalue weighted by molar-refractivity contribution is 7.98. The maximum atomic E-state index is 12.7. The van der Waals surface area contributed by atoms with Crippen LogP contribution in [-0.4, -0.2) is 52.5 Å². The van der Waals surface area contributed by atoms with Gasteiger partial charge in [0.1, 0.15) is 5.75 Å². The molecule has 1 aromatic carbocycles. The first kappa shape index (κ1) is 18.9. The molecule has 1 aliphatic heterocycles. The molecule has 7 nitrogen and oxygen atoms in total. The summed E-state index contributed by atoms with van der Waals surface area (Å²) in [6.07, 6.45) is 4.58. The van der Waals surface area contributed by atoms with Crippen molar-refractivity contribution >= 4 is 28.4 Å². The molecule has 0 saturated carbocycles. The number of ether oxygens (including phenoxy) is 1. The molecule has 2 heterocycles. The van der Waals surface area contributed by atoms with Gasteiger partial charge in [-0.2, -0.15) is 0 Å². The molecule has 2 aromatic rings. The maximum Gasteiger partial charge on any atom is 0.261 e. The lowest BCUT2D eigenvalue weighted by Gasteiger charge is -2.28. The Morgan fingerprint density at radius 3 is 3.00 bits per heavy atom. The van der Waals surface area contributed by atoms with E-state index in [1.807, 2.05) is 6.26 Å². The van der Waals surface area contributed by atoms with Gasteiger partial charge in [0.15, 0.2) is 5.78 Å². The number of aliphatic hydroxyl groups excluding tert-OH is 1. The Morgan fingerprint density at radius 1 is 1.50 bits per heavy atom. The Hall–Kier alpha value is -1.90. The third-order valence-corrected chi connectivity index (χ3v) is 5.43. The number of nitrogens with zero attached hydrogens (tertiary/aromatic N) is 2. The highest BCUT2D eigenvalue weighted by atomic mass is 32.2. The number of nitrogens with one attached hydrogen (secondary N) is 1. The van der Waals surface area contributed by atoms with Gasteiger partial charge in [-0.1, -0.05) is 0 Å². The van der Waals surface area contributed by atoms with Crippen molar-refractivity contribution in [2.24, 2.45) is 0 Å². The Kier molecular flexibility index (Phi) is 5.95. The van der Waals surface area contributed by atoms with Crippen molar-refractivity contribution in [2.45, 2.75) is 42.8 Å². The average Bonchev–Trinajstić information content (AvgIpc) is 2.65. The van der Waals surface area contributed by atoms with Gasteiger partial charge in [-0.05, 0) is 31.7 Å². The van der Waals surface area contributed by atoms with Crippen LogP contribution in [0.4, 0.5) is 0 Å². The van der Waals surface area contributed by atoms with Crippen molar-refractivity contribution in [1.29, 1.82) is 0 Å². The lowest BCUT2D eigenvalue weighted by atomic mass is 9.97. The summed E-state index contributed by atoms with van der Waals surface area (Å²) in [6, 6.07) is 3.24. The second kappa shape index (κ2) is 8.20. The van der Waals surface area contributed by atoms with Crippen molar-refractivity contribution in [3.8, 4) is 5.75 Å². The van der Waals surface area contributed by atoms with Gasteiger partial charge in [0.2, 0.25) is 0 Å². The van der Waals surface area contributed by atoms with Crippen molar-refractivity contribution in [3.05, 3.63) is 28.8 Å². The van der Waals surface area contributed by atoms with Gasteiger partial charge in [0, 0.05) is 18.5 Å². The molecule has 3 rings (SSSR count). The number of methoxy groups -OCH3 is 1. The zero-order valence-corrected chi connectivity index (χ0v) is 15.7. The molecule has 0 radical (unpaired) electrons. The lowest BCUT2D eigenvalue weighted by Crippen LogP contribution is -2.46. The Labute approximate surface area is 155 Å². The second-order valence-corrected chi connectivity index (χ2v) is 7.26. The highest BCUT2D eigenvalue weighted by Crippen LogP contribution is 2.30. The normalized spacial score (nSPS) is 20.3. The number of thioether (sulfide) groups is 1. The molecule has 2 atom stereocenters. The van der Waals surface area contributed by atoms with Crippen molar-refractivity contribution in [1.82, 2.24) is 14.9 Å². The van der Waals surface area contributed by atoms with E-state index in [1.165, 1.54) is 22.7 Å². The number of ketones is 1. The van der Waals surface area contributed by atoms with E-state index in [9.17, 15) is 14.7 Å². The number of aliphatic hydroxyl groups is 1. The van der Waals surface area contributed by atoms with Crippen LogP contribution in [0.25, 0.3) is 10.9 Å². The largest absolute Gasteiger partial charge is 0.496 e. The van der Waals surface area contributed by atoms with Crippen LogP contribution in [0.3, 0.4) is 0 Å². The minimum Gasteiger partial charge on any atom is -0.496 e. The van der Waals surface area contributed by atoms with Crippen LogP contribution in [0.5, 0.6) is 5.75 Å². The molecule has 1 fully saturated rings. The van der Waals surface area contributed by atoms with Gasteiger partial charge in [-0.25, -0.2) is 4.98 Å². The van der Waals surface area contributed by atoms with Crippen molar-refractivity contribution in [3.63, 3.8) is 0 Å². The topological polar surface area (TPSA) is 93.5 Å². The fourth-order valence-electron chi connectivity index (χ4n) is 3.24. The average molecular weight is 377 g/mol. The van der Waals surface area contributed by atoms with Crippen LogP contribution < -0.4 is 15.6 Å². The molecule has 140 valence electrons. The van der Waals surface area contributed by atoms with E-state index in [2.05, 4.69) is 10.3 Å². The summed E-state index contributed by atoms with van der Waals surface area (Å²) in [5, 5.41) is 13.6. The number of piperidine rings is 1. The van der Waals surface area contributed by atoms with E-state index in [0.29, 0.717) is 23.1 Å². The summed E-state index contributed by atoms with van der Waals surface area (Å²) in [6.45, 7) is 0.749. The van der Waals surface area contributed by atoms with Gasteiger partial charge >= 0.3 is 0 Å². The second-order valence-electron chi connectivity index (χ2n) is 6.41. The number of aromatic nitrogens is 2. The van der Waals surface area contributed by atoms with E-state index in [-0.39, 0.29) is 30.3 Å². The number of carbonyl (C=O) groups is 1. The molecular weight excluding hydrogens is 354 g/mol. The molecular formula is C18H23N3O4S. The van der Waals surface area contributed by atoms with Crippen LogP contribution in [-0.2, 0) is 11.3 Å². The number of benzene rings is 1. The van der Waals surface area contributed by atoms with E-state index in [1.54, 1.807) is 19.2 Å². The Balaban J connectivity index is 1.82. The third kappa shape index (κ3) is 3.92. The summed E-state index contributed by atoms with van der Waals surface area (Å²) in [5.41, 5.74) is 0.288. The van der Waals surface area contributed by atoms with Gasteiger partial charge in [-0.3, -0.25) is 14.2 Å². The first-order valence-corrected chi connectivity index (χ1v) is 9.80. The third-order valence-electron chi connectivity index (χ3n) is 4.67. The molecule has 26 heavy (non-hydrogen) atoms.